The van der Waals surface area contributed by atoms with Gasteiger partial charge in [-0.05, 0) is 42.5 Å². The molecular formula is C19H15F2NO2S. The molecule has 0 aliphatic heterocycles. The highest BCUT2D eigenvalue weighted by atomic mass is 32.2. The maximum absolute atomic E-state index is 13.3. The second kappa shape index (κ2) is 7.98. The van der Waals surface area contributed by atoms with Crippen molar-refractivity contribution in [2.45, 2.75) is 11.4 Å². The Morgan fingerprint density at radius 2 is 1.80 bits per heavy atom. The van der Waals surface area contributed by atoms with Gasteiger partial charge in [-0.15, -0.1) is 11.8 Å². The molecule has 3 aromatic rings. The molecule has 0 saturated carbocycles. The van der Waals surface area contributed by atoms with Crippen molar-refractivity contribution in [3.63, 3.8) is 0 Å². The highest BCUT2D eigenvalue weighted by Crippen LogP contribution is 2.23. The minimum absolute atomic E-state index is 0.0979. The Labute approximate surface area is 148 Å². The average Bonchev–Trinajstić information content (AvgIpc) is 3.14. The van der Waals surface area contributed by atoms with E-state index in [1.165, 1.54) is 6.07 Å². The first-order chi connectivity index (χ1) is 12.1. The number of rotatable bonds is 6. The number of halogens is 2. The average molecular weight is 359 g/mol. The van der Waals surface area contributed by atoms with Crippen LogP contribution in [0.4, 0.5) is 14.5 Å². The van der Waals surface area contributed by atoms with Crippen LogP contribution in [-0.2, 0) is 11.3 Å². The molecule has 0 spiro atoms. The predicted octanol–water partition coefficient (Wildman–Crippen LogP) is 4.88. The molecule has 0 saturated heterocycles. The summed E-state index contributed by atoms with van der Waals surface area (Å²) >= 11 is 1.16. The van der Waals surface area contributed by atoms with Crippen LogP contribution >= 0.6 is 11.8 Å². The quantitative estimate of drug-likeness (QED) is 0.588. The number of nitrogens with zero attached hydrogens (tertiary/aromatic N) is 1. The van der Waals surface area contributed by atoms with Gasteiger partial charge in [0, 0.05) is 10.6 Å². The first-order valence-electron chi connectivity index (χ1n) is 7.59. The van der Waals surface area contributed by atoms with E-state index in [9.17, 15) is 13.6 Å². The van der Waals surface area contributed by atoms with Gasteiger partial charge in [-0.3, -0.25) is 4.79 Å². The van der Waals surface area contributed by atoms with E-state index >= 15 is 0 Å². The Morgan fingerprint density at radius 1 is 1.00 bits per heavy atom. The van der Waals surface area contributed by atoms with Gasteiger partial charge in [0.05, 0.1) is 18.6 Å². The third kappa shape index (κ3) is 4.48. The van der Waals surface area contributed by atoms with Crippen LogP contribution in [0.3, 0.4) is 0 Å². The van der Waals surface area contributed by atoms with Crippen molar-refractivity contribution < 1.29 is 18.0 Å². The second-order valence-corrected chi connectivity index (χ2v) is 6.31. The van der Waals surface area contributed by atoms with Crippen LogP contribution in [0.5, 0.6) is 0 Å². The fourth-order valence-electron chi connectivity index (χ4n) is 2.28. The van der Waals surface area contributed by atoms with Gasteiger partial charge >= 0.3 is 0 Å². The van der Waals surface area contributed by atoms with Gasteiger partial charge in [0.2, 0.25) is 5.91 Å². The van der Waals surface area contributed by atoms with Crippen molar-refractivity contribution in [2.75, 3.05) is 10.7 Å². The molecule has 1 heterocycles. The normalized spacial score (nSPS) is 10.6. The molecule has 0 radical (unpaired) electrons. The smallest absolute Gasteiger partial charge is 0.237 e. The van der Waals surface area contributed by atoms with Crippen LogP contribution in [0.1, 0.15) is 5.76 Å². The molecule has 0 atom stereocenters. The lowest BCUT2D eigenvalue weighted by molar-refractivity contribution is -0.116. The predicted molar refractivity (Wildman–Crippen MR) is 93.4 cm³/mol. The number of furan rings is 1. The largest absolute Gasteiger partial charge is 0.467 e. The molecule has 3 nitrogen and oxygen atoms in total. The Balaban J connectivity index is 1.73. The molecule has 0 unspecified atom stereocenters. The fourth-order valence-corrected chi connectivity index (χ4v) is 3.08. The van der Waals surface area contributed by atoms with Crippen molar-refractivity contribution in [1.29, 1.82) is 0 Å². The van der Waals surface area contributed by atoms with Gasteiger partial charge in [0.25, 0.3) is 0 Å². The number of amides is 1. The zero-order chi connectivity index (χ0) is 17.6. The topological polar surface area (TPSA) is 33.5 Å². The van der Waals surface area contributed by atoms with E-state index in [2.05, 4.69) is 0 Å². The summed E-state index contributed by atoms with van der Waals surface area (Å²) in [5, 5.41) is 0. The number of carbonyl (C=O) groups excluding carboxylic acids is 1. The summed E-state index contributed by atoms with van der Waals surface area (Å²) in [7, 11) is 0. The SMILES string of the molecule is O=C(CSc1ccc(F)c(F)c1)N(Cc1ccco1)c1ccccc1. The maximum Gasteiger partial charge on any atom is 0.237 e. The van der Waals surface area contributed by atoms with E-state index in [1.54, 1.807) is 23.3 Å². The van der Waals surface area contributed by atoms with Crippen molar-refractivity contribution in [2.24, 2.45) is 0 Å². The monoisotopic (exact) mass is 359 g/mol. The van der Waals surface area contributed by atoms with E-state index in [4.69, 9.17) is 4.42 Å². The van der Waals surface area contributed by atoms with Crippen LogP contribution in [0.2, 0.25) is 0 Å². The van der Waals surface area contributed by atoms with Crippen LogP contribution in [0.15, 0.2) is 76.2 Å². The lowest BCUT2D eigenvalue weighted by Gasteiger charge is -2.21. The Kier molecular flexibility index (Phi) is 5.50. The number of para-hydroxylation sites is 1. The van der Waals surface area contributed by atoms with E-state index in [-0.39, 0.29) is 11.7 Å². The summed E-state index contributed by atoms with van der Waals surface area (Å²) in [5.74, 6) is -1.22. The van der Waals surface area contributed by atoms with Gasteiger partial charge < -0.3 is 9.32 Å². The van der Waals surface area contributed by atoms with Crippen LogP contribution in [0.25, 0.3) is 0 Å². The molecule has 2 aromatic carbocycles. The second-order valence-electron chi connectivity index (χ2n) is 5.26. The van der Waals surface area contributed by atoms with Gasteiger partial charge in [-0.25, -0.2) is 8.78 Å². The van der Waals surface area contributed by atoms with Crippen molar-refractivity contribution in [3.8, 4) is 0 Å². The van der Waals surface area contributed by atoms with Gasteiger partial charge in [0.15, 0.2) is 11.6 Å². The maximum atomic E-state index is 13.3. The van der Waals surface area contributed by atoms with Gasteiger partial charge in [-0.2, -0.15) is 0 Å². The van der Waals surface area contributed by atoms with E-state index < -0.39 is 11.6 Å². The third-order valence-electron chi connectivity index (χ3n) is 3.52. The summed E-state index contributed by atoms with van der Waals surface area (Å²) in [5.41, 5.74) is 0.745. The molecule has 128 valence electrons. The first kappa shape index (κ1) is 17.2. The van der Waals surface area contributed by atoms with E-state index in [0.717, 1.165) is 29.6 Å². The molecule has 0 aliphatic carbocycles. The molecule has 3 rings (SSSR count). The molecule has 0 fully saturated rings. The summed E-state index contributed by atoms with van der Waals surface area (Å²) in [6, 6.07) is 16.4. The highest BCUT2D eigenvalue weighted by molar-refractivity contribution is 8.00. The van der Waals surface area contributed by atoms with Crippen molar-refractivity contribution >= 4 is 23.4 Å². The number of thioether (sulfide) groups is 1. The highest BCUT2D eigenvalue weighted by Gasteiger charge is 2.18. The summed E-state index contributed by atoms with van der Waals surface area (Å²) < 4.78 is 31.6. The lowest BCUT2D eigenvalue weighted by atomic mass is 10.2. The summed E-state index contributed by atoms with van der Waals surface area (Å²) in [6.07, 6.45) is 1.55. The molecule has 0 aliphatic rings. The van der Waals surface area contributed by atoms with Gasteiger partial charge in [-0.1, -0.05) is 18.2 Å². The molecule has 1 amide bonds. The number of hydrogen-bond donors (Lipinski definition) is 0. The van der Waals surface area contributed by atoms with Crippen LogP contribution in [0, 0.1) is 11.6 Å². The molecule has 6 heteroatoms. The minimum atomic E-state index is -0.923. The lowest BCUT2D eigenvalue weighted by Crippen LogP contribution is -2.31. The number of anilines is 1. The third-order valence-corrected chi connectivity index (χ3v) is 4.49. The van der Waals surface area contributed by atoms with Gasteiger partial charge in [0.1, 0.15) is 5.76 Å². The Hall–Kier alpha value is -2.60. The molecule has 0 N–H and O–H groups in total. The van der Waals surface area contributed by atoms with Crippen LogP contribution < -0.4 is 4.90 Å². The standard InChI is InChI=1S/C19H15F2NO2S/c20-17-9-8-16(11-18(17)21)25-13-19(23)22(12-15-7-4-10-24-15)14-5-2-1-3-6-14/h1-11H,12-13H2. The van der Waals surface area contributed by atoms with Crippen molar-refractivity contribution in [1.82, 2.24) is 0 Å². The van der Waals surface area contributed by atoms with Crippen LogP contribution in [-0.4, -0.2) is 11.7 Å². The van der Waals surface area contributed by atoms with Crippen molar-refractivity contribution in [3.05, 3.63) is 84.3 Å². The zero-order valence-electron chi connectivity index (χ0n) is 13.2. The number of carbonyl (C=O) groups is 1. The minimum Gasteiger partial charge on any atom is -0.467 e. The molecule has 1 aromatic heterocycles. The zero-order valence-corrected chi connectivity index (χ0v) is 14.0. The first-order valence-corrected chi connectivity index (χ1v) is 8.57. The summed E-state index contributed by atoms with van der Waals surface area (Å²) in [6.45, 7) is 0.300. The molecule has 0 bridgehead atoms. The van der Waals surface area contributed by atoms with E-state index in [1.807, 2.05) is 30.3 Å². The Bertz CT molecular complexity index is 838. The molecular weight excluding hydrogens is 344 g/mol. The van der Waals surface area contributed by atoms with E-state index in [0.29, 0.717) is 17.2 Å². The number of benzene rings is 2. The molecule has 25 heavy (non-hydrogen) atoms. The Morgan fingerprint density at radius 3 is 2.48 bits per heavy atom. The fraction of sp³-hybridized carbons (Fsp3) is 0.105. The summed E-state index contributed by atoms with van der Waals surface area (Å²) in [4.78, 5) is 14.8. The number of hydrogen-bond acceptors (Lipinski definition) is 3.